The van der Waals surface area contributed by atoms with E-state index in [-0.39, 0.29) is 18.1 Å². The molecule has 22 heavy (non-hydrogen) atoms. The van der Waals surface area contributed by atoms with Crippen LogP contribution in [0.15, 0.2) is 0 Å². The molecule has 0 bridgehead atoms. The molecule has 0 aromatic heterocycles. The molecule has 0 atom stereocenters. The van der Waals surface area contributed by atoms with Crippen molar-refractivity contribution in [1.82, 2.24) is 4.90 Å². The molecule has 0 radical (unpaired) electrons. The molecule has 2 aliphatic rings. The van der Waals surface area contributed by atoms with E-state index >= 15 is 0 Å². The Hall–Kier alpha value is -1.30. The minimum absolute atomic E-state index is 0.214. The highest BCUT2D eigenvalue weighted by Gasteiger charge is 2.47. The Balaban J connectivity index is 1.68. The normalized spacial score (nSPS) is 21.5. The number of hydrogen-bond donors (Lipinski definition) is 1. The number of rotatable bonds is 4. The summed E-state index contributed by atoms with van der Waals surface area (Å²) >= 11 is 0. The van der Waals surface area contributed by atoms with Crippen LogP contribution in [0.4, 0.5) is 4.79 Å². The SMILES string of the molecule is CC(C)(C)OC(=O)N1CC2(CCC(COCC(=O)O)CC2)C1. The highest BCUT2D eigenvalue weighted by atomic mass is 16.6. The molecule has 6 heteroatoms. The highest BCUT2D eigenvalue weighted by molar-refractivity contribution is 5.69. The Labute approximate surface area is 131 Å². The molecule has 6 nitrogen and oxygen atoms in total. The van der Waals surface area contributed by atoms with Gasteiger partial charge in [-0.1, -0.05) is 0 Å². The van der Waals surface area contributed by atoms with Gasteiger partial charge in [-0.3, -0.25) is 0 Å². The second kappa shape index (κ2) is 6.44. The molecular formula is C16H27NO5. The molecule has 1 amide bonds. The van der Waals surface area contributed by atoms with Gasteiger partial charge in [-0.2, -0.15) is 0 Å². The Bertz CT molecular complexity index is 413. The van der Waals surface area contributed by atoms with Crippen molar-refractivity contribution in [3.8, 4) is 0 Å². The topological polar surface area (TPSA) is 76.1 Å². The molecule has 1 saturated heterocycles. The molecule has 126 valence electrons. The van der Waals surface area contributed by atoms with Gasteiger partial charge in [0.05, 0.1) is 6.61 Å². The third kappa shape index (κ3) is 4.60. The Morgan fingerprint density at radius 3 is 2.32 bits per heavy atom. The first-order valence-electron chi connectivity index (χ1n) is 7.97. The second-order valence-electron chi connectivity index (χ2n) is 7.69. The van der Waals surface area contributed by atoms with E-state index < -0.39 is 11.6 Å². The van der Waals surface area contributed by atoms with Gasteiger partial charge in [-0.05, 0) is 52.4 Å². The average Bonchev–Trinajstić information content (AvgIpc) is 2.34. The van der Waals surface area contributed by atoms with Crippen molar-refractivity contribution in [2.24, 2.45) is 11.3 Å². The standard InChI is InChI=1S/C16H27NO5/c1-15(2,3)22-14(20)17-10-16(11-17)6-4-12(5-7-16)8-21-9-13(18)19/h12H,4-11H2,1-3H3,(H,18,19). The van der Waals surface area contributed by atoms with Crippen molar-refractivity contribution in [2.45, 2.75) is 52.1 Å². The smallest absolute Gasteiger partial charge is 0.410 e. The summed E-state index contributed by atoms with van der Waals surface area (Å²) in [4.78, 5) is 24.2. The van der Waals surface area contributed by atoms with Crippen LogP contribution in [0.3, 0.4) is 0 Å². The molecule has 1 saturated carbocycles. The molecule has 0 aromatic rings. The van der Waals surface area contributed by atoms with E-state index in [2.05, 4.69) is 0 Å². The van der Waals surface area contributed by atoms with Crippen LogP contribution in [0.5, 0.6) is 0 Å². The van der Waals surface area contributed by atoms with Gasteiger partial charge < -0.3 is 19.5 Å². The first-order valence-corrected chi connectivity index (χ1v) is 7.97. The monoisotopic (exact) mass is 313 g/mol. The maximum absolute atomic E-state index is 12.0. The van der Waals surface area contributed by atoms with Crippen molar-refractivity contribution in [3.63, 3.8) is 0 Å². The maximum atomic E-state index is 12.0. The lowest BCUT2D eigenvalue weighted by Crippen LogP contribution is -2.60. The lowest BCUT2D eigenvalue weighted by Gasteiger charge is -2.53. The largest absolute Gasteiger partial charge is 0.480 e. The van der Waals surface area contributed by atoms with Gasteiger partial charge in [0.25, 0.3) is 0 Å². The maximum Gasteiger partial charge on any atom is 0.410 e. The Morgan fingerprint density at radius 2 is 1.82 bits per heavy atom. The van der Waals surface area contributed by atoms with Crippen molar-refractivity contribution in [2.75, 3.05) is 26.3 Å². The van der Waals surface area contributed by atoms with E-state index in [9.17, 15) is 9.59 Å². The summed E-state index contributed by atoms with van der Waals surface area (Å²) in [6, 6.07) is 0. The quantitative estimate of drug-likeness (QED) is 0.863. The van der Waals surface area contributed by atoms with Gasteiger partial charge in [0.15, 0.2) is 0 Å². The molecule has 1 spiro atoms. The number of carboxylic acids is 1. The van der Waals surface area contributed by atoms with Crippen LogP contribution in [-0.2, 0) is 14.3 Å². The van der Waals surface area contributed by atoms with Crippen LogP contribution in [-0.4, -0.2) is 54.0 Å². The van der Waals surface area contributed by atoms with Crippen LogP contribution >= 0.6 is 0 Å². The van der Waals surface area contributed by atoms with Gasteiger partial charge >= 0.3 is 12.1 Å². The fourth-order valence-corrected chi connectivity index (χ4v) is 3.30. The molecule has 0 aromatic carbocycles. The predicted octanol–water partition coefficient (Wildman–Crippen LogP) is 2.51. The molecule has 0 unspecified atom stereocenters. The summed E-state index contributed by atoms with van der Waals surface area (Å²) in [6.45, 7) is 7.51. The van der Waals surface area contributed by atoms with Crippen LogP contribution in [0.25, 0.3) is 0 Å². The van der Waals surface area contributed by atoms with Crippen molar-refractivity contribution in [1.29, 1.82) is 0 Å². The van der Waals surface area contributed by atoms with Crippen molar-refractivity contribution >= 4 is 12.1 Å². The average molecular weight is 313 g/mol. The number of carboxylic acid groups (broad SMARTS) is 1. The zero-order valence-electron chi connectivity index (χ0n) is 13.8. The molecular weight excluding hydrogens is 286 g/mol. The van der Waals surface area contributed by atoms with Gasteiger partial charge in [-0.25, -0.2) is 9.59 Å². The Morgan fingerprint density at radius 1 is 1.23 bits per heavy atom. The van der Waals surface area contributed by atoms with E-state index in [0.29, 0.717) is 12.5 Å². The Kier molecular flexibility index (Phi) is 5.00. The van der Waals surface area contributed by atoms with E-state index in [4.69, 9.17) is 14.6 Å². The van der Waals surface area contributed by atoms with Crippen LogP contribution in [0.2, 0.25) is 0 Å². The van der Waals surface area contributed by atoms with Crippen molar-refractivity contribution in [3.05, 3.63) is 0 Å². The minimum Gasteiger partial charge on any atom is -0.480 e. The summed E-state index contributed by atoms with van der Waals surface area (Å²) < 4.78 is 10.6. The van der Waals surface area contributed by atoms with E-state index in [1.807, 2.05) is 20.8 Å². The molecule has 1 heterocycles. The number of carbonyl (C=O) groups is 2. The highest BCUT2D eigenvalue weighted by Crippen LogP contribution is 2.45. The number of hydrogen-bond acceptors (Lipinski definition) is 4. The molecule has 2 fully saturated rings. The van der Waals surface area contributed by atoms with E-state index in [1.165, 1.54) is 0 Å². The molecule has 2 rings (SSSR count). The number of amides is 1. The summed E-state index contributed by atoms with van der Waals surface area (Å²) in [7, 11) is 0. The van der Waals surface area contributed by atoms with Gasteiger partial charge in [0.2, 0.25) is 0 Å². The summed E-state index contributed by atoms with van der Waals surface area (Å²) in [5.74, 6) is -0.472. The summed E-state index contributed by atoms with van der Waals surface area (Å²) in [5.41, 5.74) is -0.195. The third-order valence-corrected chi connectivity index (χ3v) is 4.45. The van der Waals surface area contributed by atoms with Crippen LogP contribution in [0.1, 0.15) is 46.5 Å². The zero-order valence-corrected chi connectivity index (χ0v) is 13.8. The fourth-order valence-electron chi connectivity index (χ4n) is 3.30. The van der Waals surface area contributed by atoms with Crippen molar-refractivity contribution < 1.29 is 24.2 Å². The van der Waals surface area contributed by atoms with Gasteiger partial charge in [0, 0.05) is 18.5 Å². The number of carbonyl (C=O) groups excluding carboxylic acids is 1. The number of aliphatic carboxylic acids is 1. The fraction of sp³-hybridized carbons (Fsp3) is 0.875. The van der Waals surface area contributed by atoms with Gasteiger partial charge in [0.1, 0.15) is 12.2 Å². The van der Waals surface area contributed by atoms with Gasteiger partial charge in [-0.15, -0.1) is 0 Å². The first kappa shape index (κ1) is 17.1. The lowest BCUT2D eigenvalue weighted by atomic mass is 9.66. The van der Waals surface area contributed by atoms with Crippen LogP contribution in [0, 0.1) is 11.3 Å². The minimum atomic E-state index is -0.917. The molecule has 1 aliphatic heterocycles. The first-order chi connectivity index (χ1) is 10.2. The summed E-state index contributed by atoms with van der Waals surface area (Å²) in [5, 5.41) is 8.56. The molecule has 1 aliphatic carbocycles. The molecule has 1 N–H and O–H groups in total. The summed E-state index contributed by atoms with van der Waals surface area (Å²) in [6.07, 6.45) is 4.02. The van der Waals surface area contributed by atoms with E-state index in [1.54, 1.807) is 4.90 Å². The number of likely N-dealkylation sites (tertiary alicyclic amines) is 1. The third-order valence-electron chi connectivity index (χ3n) is 4.45. The van der Waals surface area contributed by atoms with E-state index in [0.717, 1.165) is 38.8 Å². The lowest BCUT2D eigenvalue weighted by molar-refractivity contribution is -0.143. The second-order valence-corrected chi connectivity index (χ2v) is 7.69. The number of nitrogens with zero attached hydrogens (tertiary/aromatic N) is 1. The van der Waals surface area contributed by atoms with Crippen LogP contribution < -0.4 is 0 Å². The predicted molar refractivity (Wildman–Crippen MR) is 80.7 cm³/mol. The zero-order chi connectivity index (χ0) is 16.4. The number of ether oxygens (including phenoxy) is 2.